The monoisotopic (exact) mass is 366 g/mol. The standard InChI is InChI=1S/C21H28F2OS/c1-7-19(21(5,22)23)18-14-17(11-12-20(18)24-6)13-15(3)9-10-16(4)25-8-2/h7,9-12,14H,8,13H2,1-6H3/b15-9+,16-10+,19-7+. The molecule has 0 aliphatic heterocycles. The molecule has 0 amide bonds. The number of halogens is 2. The Bertz CT molecular complexity index is 667. The van der Waals surface area contributed by atoms with Crippen LogP contribution in [-0.4, -0.2) is 18.8 Å². The number of ether oxygens (including phenoxy) is 1. The van der Waals surface area contributed by atoms with Crippen LogP contribution in [0.3, 0.4) is 0 Å². The Hall–Kier alpha value is -1.55. The molecule has 0 aromatic heterocycles. The van der Waals surface area contributed by atoms with Gasteiger partial charge in [-0.25, -0.2) is 8.78 Å². The largest absolute Gasteiger partial charge is 0.496 e. The number of benzene rings is 1. The molecule has 0 heterocycles. The van der Waals surface area contributed by atoms with E-state index in [-0.39, 0.29) is 5.57 Å². The Kier molecular flexibility index (Phi) is 8.43. The van der Waals surface area contributed by atoms with E-state index in [0.717, 1.165) is 18.2 Å². The van der Waals surface area contributed by atoms with E-state index in [1.54, 1.807) is 30.8 Å². The maximum atomic E-state index is 13.9. The lowest BCUT2D eigenvalue weighted by molar-refractivity contribution is 0.0889. The first-order chi connectivity index (χ1) is 11.7. The lowest BCUT2D eigenvalue weighted by Gasteiger charge is -2.19. The van der Waals surface area contributed by atoms with Gasteiger partial charge >= 0.3 is 0 Å². The first-order valence-corrected chi connectivity index (χ1v) is 9.40. The van der Waals surface area contributed by atoms with Gasteiger partial charge in [0.1, 0.15) is 5.75 Å². The Morgan fingerprint density at radius 1 is 1.24 bits per heavy atom. The molecule has 0 fully saturated rings. The molecule has 0 saturated heterocycles. The minimum atomic E-state index is -2.91. The highest BCUT2D eigenvalue weighted by Gasteiger charge is 2.30. The fraction of sp³-hybridized carbons (Fsp3) is 0.429. The van der Waals surface area contributed by atoms with Gasteiger partial charge in [-0.2, -0.15) is 0 Å². The van der Waals surface area contributed by atoms with Crippen molar-refractivity contribution >= 4 is 17.3 Å². The summed E-state index contributed by atoms with van der Waals surface area (Å²) >= 11 is 1.81. The molecule has 1 rings (SSSR count). The molecular weight excluding hydrogens is 338 g/mol. The van der Waals surface area contributed by atoms with Crippen molar-refractivity contribution in [1.82, 2.24) is 0 Å². The zero-order valence-electron chi connectivity index (χ0n) is 16.0. The molecule has 0 aliphatic carbocycles. The Morgan fingerprint density at radius 2 is 1.92 bits per heavy atom. The van der Waals surface area contributed by atoms with Crippen LogP contribution in [-0.2, 0) is 6.42 Å². The molecule has 1 aromatic rings. The zero-order valence-corrected chi connectivity index (χ0v) is 16.8. The van der Waals surface area contributed by atoms with Crippen molar-refractivity contribution < 1.29 is 13.5 Å². The van der Waals surface area contributed by atoms with Crippen LogP contribution >= 0.6 is 11.8 Å². The number of hydrogen-bond donors (Lipinski definition) is 0. The molecule has 0 unspecified atom stereocenters. The quantitative estimate of drug-likeness (QED) is 0.463. The van der Waals surface area contributed by atoms with Crippen molar-refractivity contribution in [3.8, 4) is 5.75 Å². The number of methoxy groups -OCH3 is 1. The lowest BCUT2D eigenvalue weighted by atomic mass is 9.95. The van der Waals surface area contributed by atoms with Crippen molar-refractivity contribution in [2.24, 2.45) is 0 Å². The summed E-state index contributed by atoms with van der Waals surface area (Å²) in [5.41, 5.74) is 2.61. The van der Waals surface area contributed by atoms with Crippen molar-refractivity contribution in [3.63, 3.8) is 0 Å². The third-order valence-electron chi connectivity index (χ3n) is 3.77. The molecule has 0 radical (unpaired) electrons. The van der Waals surface area contributed by atoms with Crippen LogP contribution in [0.2, 0.25) is 0 Å². The molecular formula is C21H28F2OS. The summed E-state index contributed by atoms with van der Waals surface area (Å²) in [4.78, 5) is 1.26. The summed E-state index contributed by atoms with van der Waals surface area (Å²) in [6.45, 7) is 8.81. The first-order valence-electron chi connectivity index (χ1n) is 8.41. The minimum Gasteiger partial charge on any atom is -0.496 e. The van der Waals surface area contributed by atoms with Gasteiger partial charge in [0.15, 0.2) is 0 Å². The number of thioether (sulfide) groups is 1. The average molecular weight is 367 g/mol. The predicted molar refractivity (Wildman–Crippen MR) is 107 cm³/mol. The van der Waals surface area contributed by atoms with Crippen LogP contribution in [0.5, 0.6) is 5.75 Å². The topological polar surface area (TPSA) is 9.23 Å². The molecule has 1 nitrogen and oxygen atoms in total. The van der Waals surface area contributed by atoms with Crippen LogP contribution in [0.25, 0.3) is 5.57 Å². The maximum absolute atomic E-state index is 13.9. The number of hydrogen-bond acceptors (Lipinski definition) is 2. The van der Waals surface area contributed by atoms with E-state index in [1.165, 1.54) is 23.7 Å². The van der Waals surface area contributed by atoms with Crippen LogP contribution < -0.4 is 4.74 Å². The van der Waals surface area contributed by atoms with Gasteiger partial charge in [0.05, 0.1) is 7.11 Å². The SMILES string of the molecule is C/C=C(\c1cc(C/C(C)=C/C=C(\C)SCC)ccc1OC)C(C)(F)F. The van der Waals surface area contributed by atoms with Crippen molar-refractivity contribution in [2.45, 2.75) is 47.0 Å². The lowest BCUT2D eigenvalue weighted by Crippen LogP contribution is -2.13. The molecule has 0 bridgehead atoms. The normalized spacial score (nSPS) is 14.0. The van der Waals surface area contributed by atoms with E-state index < -0.39 is 5.92 Å². The van der Waals surface area contributed by atoms with Gasteiger partial charge in [0, 0.05) is 18.1 Å². The second-order valence-corrected chi connectivity index (χ2v) is 7.54. The summed E-state index contributed by atoms with van der Waals surface area (Å²) in [5.74, 6) is -1.40. The Balaban J connectivity index is 3.14. The van der Waals surface area contributed by atoms with Gasteiger partial charge in [0.25, 0.3) is 5.92 Å². The van der Waals surface area contributed by atoms with Crippen molar-refractivity contribution in [2.75, 3.05) is 12.9 Å². The minimum absolute atomic E-state index is 0.0112. The average Bonchev–Trinajstić information content (AvgIpc) is 2.53. The molecule has 138 valence electrons. The third-order valence-corrected chi connectivity index (χ3v) is 4.65. The van der Waals surface area contributed by atoms with E-state index in [9.17, 15) is 8.78 Å². The van der Waals surface area contributed by atoms with Crippen LogP contribution in [0.4, 0.5) is 8.78 Å². The predicted octanol–water partition coefficient (Wildman–Crippen LogP) is 6.90. The van der Waals surface area contributed by atoms with Gasteiger partial charge in [-0.15, -0.1) is 11.8 Å². The van der Waals surface area contributed by atoms with E-state index in [1.807, 2.05) is 6.07 Å². The van der Waals surface area contributed by atoms with Crippen molar-refractivity contribution in [1.29, 1.82) is 0 Å². The molecule has 0 aliphatic rings. The van der Waals surface area contributed by atoms with Crippen LogP contribution in [0.15, 0.2) is 46.9 Å². The first kappa shape index (κ1) is 21.5. The second-order valence-electron chi connectivity index (χ2n) is 6.03. The summed E-state index contributed by atoms with van der Waals surface area (Å²) < 4.78 is 33.1. The third kappa shape index (κ3) is 6.69. The Labute approximate surface area is 154 Å². The van der Waals surface area contributed by atoms with Crippen molar-refractivity contribution in [3.05, 3.63) is 58.0 Å². The Morgan fingerprint density at radius 3 is 2.44 bits per heavy atom. The highest BCUT2D eigenvalue weighted by atomic mass is 32.2. The fourth-order valence-corrected chi connectivity index (χ4v) is 3.26. The van der Waals surface area contributed by atoms with Gasteiger partial charge in [-0.1, -0.05) is 36.8 Å². The van der Waals surface area contributed by atoms with E-state index in [0.29, 0.717) is 17.7 Å². The fourth-order valence-electron chi connectivity index (χ4n) is 2.64. The zero-order chi connectivity index (χ0) is 19.0. The molecule has 25 heavy (non-hydrogen) atoms. The van der Waals surface area contributed by atoms with Gasteiger partial charge in [0.2, 0.25) is 0 Å². The smallest absolute Gasteiger partial charge is 0.270 e. The van der Waals surface area contributed by atoms with Gasteiger partial charge in [-0.3, -0.25) is 0 Å². The van der Waals surface area contributed by atoms with Crippen LogP contribution in [0.1, 0.15) is 45.7 Å². The number of rotatable bonds is 8. The molecule has 1 aromatic carbocycles. The molecule has 0 atom stereocenters. The second kappa shape index (κ2) is 9.81. The molecule has 0 spiro atoms. The summed E-state index contributed by atoms with van der Waals surface area (Å²) in [6, 6.07) is 5.50. The summed E-state index contributed by atoms with van der Waals surface area (Å²) in [5, 5.41) is 0. The summed E-state index contributed by atoms with van der Waals surface area (Å²) in [7, 11) is 1.50. The van der Waals surface area contributed by atoms with Gasteiger partial charge < -0.3 is 4.74 Å². The van der Waals surface area contributed by atoms with E-state index >= 15 is 0 Å². The summed E-state index contributed by atoms with van der Waals surface area (Å²) in [6.07, 6.45) is 6.36. The molecule has 0 N–H and O–H groups in total. The number of allylic oxidation sites excluding steroid dienone is 6. The van der Waals surface area contributed by atoms with E-state index in [2.05, 4.69) is 32.9 Å². The molecule has 0 saturated carbocycles. The van der Waals surface area contributed by atoms with E-state index in [4.69, 9.17) is 4.74 Å². The maximum Gasteiger partial charge on any atom is 0.270 e. The van der Waals surface area contributed by atoms with Gasteiger partial charge in [-0.05, 0) is 55.5 Å². The highest BCUT2D eigenvalue weighted by Crippen LogP contribution is 2.37. The highest BCUT2D eigenvalue weighted by molar-refractivity contribution is 8.03. The number of alkyl halides is 2. The molecule has 4 heteroatoms. The van der Waals surface area contributed by atoms with Crippen LogP contribution in [0, 0.1) is 0 Å².